The molecule has 0 atom stereocenters. The van der Waals surface area contributed by atoms with E-state index >= 15 is 0 Å². The highest BCUT2D eigenvalue weighted by Crippen LogP contribution is 2.47. The van der Waals surface area contributed by atoms with Gasteiger partial charge in [0, 0.05) is 22.4 Å². The number of pyridine rings is 1. The Kier molecular flexibility index (Phi) is 12.9. The van der Waals surface area contributed by atoms with Crippen LogP contribution in [-0.2, 0) is 40.5 Å². The van der Waals surface area contributed by atoms with Crippen LogP contribution in [0.2, 0.25) is 0 Å². The second-order valence-electron chi connectivity index (χ2n) is 15.3. The lowest BCUT2D eigenvalue weighted by Gasteiger charge is -2.13. The topological polar surface area (TPSA) is 395 Å². The molecule has 0 aliphatic heterocycles. The highest BCUT2D eigenvalue weighted by atomic mass is 32.2. The van der Waals surface area contributed by atoms with Crippen molar-refractivity contribution in [1.29, 1.82) is 5.26 Å². The third-order valence-electron chi connectivity index (χ3n) is 10.5. The smallest absolute Gasteiger partial charge is 0.297 e. The molecule has 0 aliphatic rings. The summed E-state index contributed by atoms with van der Waals surface area (Å²) in [7, 11) is -19.8. The molecular weight excluding hydrogens is 1030 g/mol. The van der Waals surface area contributed by atoms with Crippen LogP contribution in [0.15, 0.2) is 112 Å². The fourth-order valence-electron chi connectivity index (χ4n) is 7.30. The summed E-state index contributed by atoms with van der Waals surface area (Å²) in [5, 5.41) is 56.1. The Morgan fingerprint density at radius 1 is 0.690 bits per heavy atom. The zero-order chi connectivity index (χ0) is 51.5. The molecule has 0 aliphatic carbocycles. The molecule has 3 heterocycles. The number of aryl methyl sites for hydroxylation is 2. The molecule has 8 rings (SSSR count). The predicted octanol–water partition coefficient (Wildman–Crippen LogP) is 9.10. The number of phenols is 1. The van der Waals surface area contributed by atoms with Crippen LogP contribution >= 0.6 is 11.3 Å². The molecule has 0 radical (unpaired) electrons. The fourth-order valence-corrected chi connectivity index (χ4v) is 10.8. The van der Waals surface area contributed by atoms with Crippen molar-refractivity contribution in [1.82, 2.24) is 14.4 Å². The number of hydrogen-bond acceptors (Lipinski definition) is 21. The van der Waals surface area contributed by atoms with Crippen LogP contribution in [0.4, 0.5) is 33.6 Å². The molecular formula is C41H32N10O15S5. The summed E-state index contributed by atoms with van der Waals surface area (Å²) >= 11 is 1.04. The number of ether oxygens (including phenoxy) is 1. The van der Waals surface area contributed by atoms with E-state index in [0.717, 1.165) is 23.5 Å². The number of aromatic nitrogens is 3. The van der Waals surface area contributed by atoms with Crippen molar-refractivity contribution in [3.05, 3.63) is 89.0 Å². The van der Waals surface area contributed by atoms with Crippen molar-refractivity contribution < 1.29 is 66.8 Å². The Hall–Kier alpha value is -7.47. The average molecular weight is 1070 g/mol. The molecule has 0 fully saturated rings. The van der Waals surface area contributed by atoms with Crippen LogP contribution in [0.1, 0.15) is 28.7 Å². The number of para-hydroxylation sites is 2. The van der Waals surface area contributed by atoms with E-state index in [-0.39, 0.29) is 73.7 Å². The molecule has 0 spiro atoms. The zero-order valence-corrected chi connectivity index (χ0v) is 40.4. The SMILES string of the molecule is Cc1cc(N=Nc2c(S(=O)(=O)O)cc3c(S(=O)(=O)O)c(N=Nc4c(C)c(C#N)c5nc6ccccc6n5c4O)ccc3c2O)c(OCCCS(=O)(=O)O)cc1N=Nc1nc2cc(S(=O)(=O)O)c(C)cc2s1. The predicted molar refractivity (Wildman–Crippen MR) is 253 cm³/mol. The first kappa shape index (κ1) is 49.9. The Labute approximate surface area is 404 Å². The van der Waals surface area contributed by atoms with Crippen LogP contribution in [-0.4, -0.2) is 88.8 Å². The van der Waals surface area contributed by atoms with E-state index in [1.165, 1.54) is 49.4 Å². The summed E-state index contributed by atoms with van der Waals surface area (Å²) in [6, 6.07) is 16.4. The van der Waals surface area contributed by atoms with E-state index < -0.39 is 89.8 Å². The Morgan fingerprint density at radius 3 is 2.04 bits per heavy atom. The van der Waals surface area contributed by atoms with Crippen molar-refractivity contribution >= 4 is 123 Å². The second-order valence-corrected chi connectivity index (χ2v) is 22.0. The number of benzene rings is 5. The third-order valence-corrected chi connectivity index (χ3v) is 15.1. The quantitative estimate of drug-likeness (QED) is 0.0335. The van der Waals surface area contributed by atoms with E-state index in [0.29, 0.717) is 27.4 Å². The van der Waals surface area contributed by atoms with Gasteiger partial charge in [0.25, 0.3) is 40.5 Å². The molecule has 0 unspecified atom stereocenters. The minimum atomic E-state index is -5.45. The zero-order valence-electron chi connectivity index (χ0n) is 36.3. The van der Waals surface area contributed by atoms with Gasteiger partial charge in [-0.3, -0.25) is 22.6 Å². The molecule has 5 aromatic carbocycles. The van der Waals surface area contributed by atoms with E-state index in [4.69, 9.17) is 4.74 Å². The van der Waals surface area contributed by atoms with Crippen LogP contribution in [0, 0.1) is 32.1 Å². The molecule has 0 amide bonds. The number of fused-ring (bicyclic) bond motifs is 5. The maximum absolute atomic E-state index is 13.1. The standard InChI is InChI=1S/C41H32N10O15S5/c1-19-13-28(31(66-11-6-12-68(54,55)56)16-27(19)46-50-41-44-29-17-33(69(57,58)59)20(2)14-32(29)67-41)47-49-36-34(70(60,61)62)15-23-22(37(36)52)9-10-26(38(23)71(63,64)65)45-48-35-21(3)24(18-42)39-43-25-7-4-5-8-30(25)51(39)40(35)53/h4-5,7-10,13-17,52-53H,6,11-12H2,1-3H3,(H,54,55,56)(H,57,58,59)(H,60,61,62)(H,63,64,65). The molecule has 0 bridgehead atoms. The van der Waals surface area contributed by atoms with Gasteiger partial charge in [0.05, 0.1) is 44.2 Å². The third kappa shape index (κ3) is 9.98. The van der Waals surface area contributed by atoms with Crippen molar-refractivity contribution in [2.24, 2.45) is 30.7 Å². The Balaban J connectivity index is 1.21. The van der Waals surface area contributed by atoms with Crippen LogP contribution in [0.5, 0.6) is 17.4 Å². The number of rotatable bonds is 14. The second kappa shape index (κ2) is 18.4. The number of aromatic hydroxyl groups is 2. The molecule has 6 N–H and O–H groups in total. The Morgan fingerprint density at radius 2 is 1.37 bits per heavy atom. The molecule has 30 heteroatoms. The fraction of sp³-hybridized carbons (Fsp3) is 0.146. The lowest BCUT2D eigenvalue weighted by atomic mass is 10.1. The summed E-state index contributed by atoms with van der Waals surface area (Å²) < 4.78 is 146. The summed E-state index contributed by atoms with van der Waals surface area (Å²) in [5.74, 6) is -2.53. The monoisotopic (exact) mass is 1060 g/mol. The van der Waals surface area contributed by atoms with Crippen molar-refractivity contribution in [3.63, 3.8) is 0 Å². The van der Waals surface area contributed by atoms with Crippen molar-refractivity contribution in [2.75, 3.05) is 12.4 Å². The number of hydrogen-bond donors (Lipinski definition) is 6. The van der Waals surface area contributed by atoms with Gasteiger partial charge < -0.3 is 14.9 Å². The van der Waals surface area contributed by atoms with E-state index in [1.54, 1.807) is 24.3 Å². The van der Waals surface area contributed by atoms with Crippen molar-refractivity contribution in [2.45, 2.75) is 41.9 Å². The van der Waals surface area contributed by atoms with Crippen molar-refractivity contribution in [3.8, 4) is 23.4 Å². The summed E-state index contributed by atoms with van der Waals surface area (Å²) in [4.78, 5) is 5.99. The van der Waals surface area contributed by atoms with Gasteiger partial charge in [-0.15, -0.1) is 30.7 Å². The highest BCUT2D eigenvalue weighted by Gasteiger charge is 2.29. The van der Waals surface area contributed by atoms with Gasteiger partial charge >= 0.3 is 0 Å². The minimum Gasteiger partial charge on any atom is -0.505 e. The minimum absolute atomic E-state index is 0.0168. The van der Waals surface area contributed by atoms with Gasteiger partial charge in [0.1, 0.15) is 44.2 Å². The lowest BCUT2D eigenvalue weighted by Crippen LogP contribution is -2.08. The first-order chi connectivity index (χ1) is 33.2. The number of imidazole rings is 1. The Bertz CT molecular complexity index is 4210. The average Bonchev–Trinajstić information content (AvgIpc) is 3.86. The van der Waals surface area contributed by atoms with E-state index in [2.05, 4.69) is 40.7 Å². The molecule has 8 aromatic rings. The highest BCUT2D eigenvalue weighted by molar-refractivity contribution is 7.86. The largest absolute Gasteiger partial charge is 0.505 e. The molecule has 0 saturated carbocycles. The number of nitriles is 1. The van der Waals surface area contributed by atoms with Crippen LogP contribution in [0.3, 0.4) is 0 Å². The van der Waals surface area contributed by atoms with Gasteiger partial charge in [-0.25, -0.2) is 9.97 Å². The molecule has 366 valence electrons. The summed E-state index contributed by atoms with van der Waals surface area (Å²) in [6.45, 7) is 4.07. The van der Waals surface area contributed by atoms with Gasteiger partial charge in [0.15, 0.2) is 17.1 Å². The van der Waals surface area contributed by atoms with Crippen LogP contribution in [0.25, 0.3) is 37.7 Å². The van der Waals surface area contributed by atoms with E-state index in [9.17, 15) is 67.4 Å². The maximum atomic E-state index is 13.1. The molecule has 3 aromatic heterocycles. The number of phenolic OH excluding ortho intramolecular Hbond substituents is 1. The van der Waals surface area contributed by atoms with Gasteiger partial charge in [-0.05, 0) is 86.8 Å². The maximum Gasteiger partial charge on any atom is 0.297 e. The van der Waals surface area contributed by atoms with Gasteiger partial charge in [0.2, 0.25) is 11.0 Å². The first-order valence-corrected chi connectivity index (χ1v) is 26.7. The summed E-state index contributed by atoms with van der Waals surface area (Å²) in [5.41, 5.74) is -0.318. The molecule has 25 nitrogen and oxygen atoms in total. The van der Waals surface area contributed by atoms with Gasteiger partial charge in [-0.2, -0.15) is 38.9 Å². The number of thiazole rings is 1. The number of azo groups is 3. The molecule has 71 heavy (non-hydrogen) atoms. The van der Waals surface area contributed by atoms with Crippen LogP contribution < -0.4 is 4.74 Å². The number of nitrogens with zero attached hydrogens (tertiary/aromatic N) is 10. The molecule has 0 saturated heterocycles. The van der Waals surface area contributed by atoms with Gasteiger partial charge in [-0.1, -0.05) is 23.5 Å². The van der Waals surface area contributed by atoms with E-state index in [1.807, 2.05) is 6.07 Å². The first-order valence-electron chi connectivity index (χ1n) is 19.9. The normalized spacial score (nSPS) is 13.0. The summed E-state index contributed by atoms with van der Waals surface area (Å²) in [6.07, 6.45) is -0.245. The lowest BCUT2D eigenvalue weighted by molar-refractivity contribution is 0.317.